The van der Waals surface area contributed by atoms with E-state index in [-0.39, 0.29) is 18.7 Å². The quantitative estimate of drug-likeness (QED) is 0.425. The van der Waals surface area contributed by atoms with E-state index in [0.717, 1.165) is 22.6 Å². The minimum absolute atomic E-state index is 0.0798. The van der Waals surface area contributed by atoms with Gasteiger partial charge in [-0.2, -0.15) is 0 Å². The van der Waals surface area contributed by atoms with Crippen molar-refractivity contribution >= 4 is 17.7 Å². The van der Waals surface area contributed by atoms with Crippen molar-refractivity contribution in [2.24, 2.45) is 0 Å². The van der Waals surface area contributed by atoms with E-state index in [1.54, 1.807) is 48.8 Å². The number of pyridine rings is 2. The van der Waals surface area contributed by atoms with E-state index in [2.05, 4.69) is 20.6 Å². The first kappa shape index (κ1) is 22.7. The molecule has 0 saturated carbocycles. The van der Waals surface area contributed by atoms with E-state index in [9.17, 15) is 14.7 Å². The lowest BCUT2D eigenvalue weighted by Gasteiger charge is -2.15. The van der Waals surface area contributed by atoms with E-state index in [4.69, 9.17) is 4.74 Å². The fourth-order valence-corrected chi connectivity index (χ4v) is 3.12. The lowest BCUT2D eigenvalue weighted by Crippen LogP contribution is -2.43. The maximum atomic E-state index is 12.2. The third-order valence-electron chi connectivity index (χ3n) is 4.77. The molecule has 2 heterocycles. The number of carboxylic acids is 1. The van der Waals surface area contributed by atoms with Crippen LogP contribution in [0, 0.1) is 0 Å². The van der Waals surface area contributed by atoms with E-state index in [1.807, 2.05) is 25.2 Å². The second kappa shape index (κ2) is 11.5. The molecule has 0 aliphatic heterocycles. The average Bonchev–Trinajstić information content (AvgIpc) is 2.80. The highest BCUT2D eigenvalue weighted by Gasteiger charge is 2.20. The third-order valence-corrected chi connectivity index (χ3v) is 4.77. The SMILES string of the molecule is CNc1cccc(CCOc2ccc(C[C@H](NC(=O)Cc3cccnc3)C(=O)O)cc2)n1. The molecule has 8 heteroatoms. The molecule has 0 fully saturated rings. The molecule has 2 aromatic heterocycles. The van der Waals surface area contributed by atoms with Gasteiger partial charge in [0.2, 0.25) is 5.91 Å². The molecule has 166 valence electrons. The number of rotatable bonds is 11. The van der Waals surface area contributed by atoms with Crippen molar-refractivity contribution in [2.75, 3.05) is 19.0 Å². The monoisotopic (exact) mass is 434 g/mol. The Kier molecular flexibility index (Phi) is 8.14. The molecular weight excluding hydrogens is 408 g/mol. The van der Waals surface area contributed by atoms with Crippen LogP contribution < -0.4 is 15.4 Å². The van der Waals surface area contributed by atoms with Crippen LogP contribution in [0.1, 0.15) is 16.8 Å². The summed E-state index contributed by atoms with van der Waals surface area (Å²) in [6, 6.07) is 15.5. The minimum Gasteiger partial charge on any atom is -0.493 e. The second-order valence-electron chi connectivity index (χ2n) is 7.21. The van der Waals surface area contributed by atoms with Gasteiger partial charge in [-0.15, -0.1) is 0 Å². The summed E-state index contributed by atoms with van der Waals surface area (Å²) in [7, 11) is 1.82. The topological polar surface area (TPSA) is 113 Å². The lowest BCUT2D eigenvalue weighted by atomic mass is 10.1. The summed E-state index contributed by atoms with van der Waals surface area (Å²) in [6.07, 6.45) is 4.13. The summed E-state index contributed by atoms with van der Waals surface area (Å²) in [6.45, 7) is 0.474. The number of ether oxygens (including phenoxy) is 1. The lowest BCUT2D eigenvalue weighted by molar-refractivity contribution is -0.141. The maximum Gasteiger partial charge on any atom is 0.326 e. The summed E-state index contributed by atoms with van der Waals surface area (Å²) in [4.78, 5) is 32.2. The minimum atomic E-state index is -1.08. The molecule has 3 rings (SSSR count). The molecule has 0 spiro atoms. The molecule has 8 nitrogen and oxygen atoms in total. The highest BCUT2D eigenvalue weighted by atomic mass is 16.5. The maximum absolute atomic E-state index is 12.2. The Morgan fingerprint density at radius 2 is 1.88 bits per heavy atom. The molecule has 1 atom stereocenters. The summed E-state index contributed by atoms with van der Waals surface area (Å²) in [5, 5.41) is 15.1. The van der Waals surface area contributed by atoms with E-state index in [0.29, 0.717) is 18.8 Å². The third kappa shape index (κ3) is 7.09. The molecule has 1 amide bonds. The molecule has 32 heavy (non-hydrogen) atoms. The number of hydrogen-bond donors (Lipinski definition) is 3. The number of amides is 1. The molecule has 0 saturated heterocycles. The molecule has 0 aliphatic carbocycles. The molecule has 3 N–H and O–H groups in total. The van der Waals surface area contributed by atoms with Crippen molar-refractivity contribution < 1.29 is 19.4 Å². The highest BCUT2D eigenvalue weighted by molar-refractivity contribution is 5.85. The first-order chi connectivity index (χ1) is 15.5. The van der Waals surface area contributed by atoms with Crippen LogP contribution in [0.25, 0.3) is 0 Å². The largest absolute Gasteiger partial charge is 0.493 e. The van der Waals surface area contributed by atoms with Gasteiger partial charge in [0.1, 0.15) is 17.6 Å². The van der Waals surface area contributed by atoms with E-state index >= 15 is 0 Å². The number of aliphatic carboxylic acids is 1. The molecule has 0 unspecified atom stereocenters. The fourth-order valence-electron chi connectivity index (χ4n) is 3.12. The van der Waals surface area contributed by atoms with Crippen LogP contribution >= 0.6 is 0 Å². The Balaban J connectivity index is 1.49. The zero-order valence-corrected chi connectivity index (χ0v) is 17.8. The summed E-state index contributed by atoms with van der Waals surface area (Å²) < 4.78 is 5.77. The Bertz CT molecular complexity index is 1030. The summed E-state index contributed by atoms with van der Waals surface area (Å²) >= 11 is 0. The van der Waals surface area contributed by atoms with E-state index in [1.165, 1.54) is 0 Å². The average molecular weight is 434 g/mol. The van der Waals surface area contributed by atoms with Gasteiger partial charge in [0.25, 0.3) is 0 Å². The predicted octanol–water partition coefficient (Wildman–Crippen LogP) is 2.49. The zero-order valence-electron chi connectivity index (χ0n) is 17.8. The van der Waals surface area contributed by atoms with Crippen LogP contribution in [-0.2, 0) is 28.9 Å². The Morgan fingerprint density at radius 3 is 2.56 bits per heavy atom. The number of hydrogen-bond acceptors (Lipinski definition) is 6. The van der Waals surface area contributed by atoms with Gasteiger partial charge in [0.15, 0.2) is 0 Å². The van der Waals surface area contributed by atoms with Gasteiger partial charge in [0.05, 0.1) is 13.0 Å². The van der Waals surface area contributed by atoms with Crippen molar-refractivity contribution in [3.8, 4) is 5.75 Å². The van der Waals surface area contributed by atoms with Crippen LogP contribution in [0.2, 0.25) is 0 Å². The van der Waals surface area contributed by atoms with E-state index < -0.39 is 12.0 Å². The normalized spacial score (nSPS) is 11.4. The van der Waals surface area contributed by atoms with Crippen molar-refractivity contribution in [1.29, 1.82) is 0 Å². The van der Waals surface area contributed by atoms with Crippen LogP contribution in [0.5, 0.6) is 5.75 Å². The number of carbonyl (C=O) groups is 2. The summed E-state index contributed by atoms with van der Waals surface area (Å²) in [5.74, 6) is 0.0563. The van der Waals surface area contributed by atoms with Gasteiger partial charge in [-0.25, -0.2) is 9.78 Å². The van der Waals surface area contributed by atoms with Gasteiger partial charge < -0.3 is 20.5 Å². The number of nitrogens with one attached hydrogen (secondary N) is 2. The standard InChI is InChI=1S/C24H26N4O4/c1-25-22-6-2-5-19(27-22)11-13-32-20-9-7-17(8-10-20)14-21(24(30)31)28-23(29)15-18-4-3-12-26-16-18/h2-10,12,16,21H,11,13-15H2,1H3,(H,25,27)(H,28,29)(H,30,31)/t21-/m0/s1. The Morgan fingerprint density at radius 1 is 1.06 bits per heavy atom. The second-order valence-corrected chi connectivity index (χ2v) is 7.21. The predicted molar refractivity (Wildman–Crippen MR) is 121 cm³/mol. The molecule has 0 bridgehead atoms. The Labute approximate surface area is 186 Å². The number of carboxylic acid groups (broad SMARTS) is 1. The first-order valence-electron chi connectivity index (χ1n) is 10.3. The molecule has 0 radical (unpaired) electrons. The molecule has 3 aromatic rings. The van der Waals surface area contributed by atoms with Crippen LogP contribution in [-0.4, -0.2) is 46.6 Å². The highest BCUT2D eigenvalue weighted by Crippen LogP contribution is 2.15. The van der Waals surface area contributed by atoms with Crippen LogP contribution in [0.4, 0.5) is 5.82 Å². The molecular formula is C24H26N4O4. The number of aromatic nitrogens is 2. The van der Waals surface area contributed by atoms with Crippen molar-refractivity contribution in [3.05, 3.63) is 83.8 Å². The van der Waals surface area contributed by atoms with Gasteiger partial charge in [-0.3, -0.25) is 9.78 Å². The van der Waals surface area contributed by atoms with Gasteiger partial charge in [-0.1, -0.05) is 24.3 Å². The molecule has 1 aromatic carbocycles. The van der Waals surface area contributed by atoms with Crippen molar-refractivity contribution in [3.63, 3.8) is 0 Å². The van der Waals surface area contributed by atoms with Crippen LogP contribution in [0.3, 0.4) is 0 Å². The van der Waals surface area contributed by atoms with Gasteiger partial charge >= 0.3 is 5.97 Å². The van der Waals surface area contributed by atoms with Crippen molar-refractivity contribution in [1.82, 2.24) is 15.3 Å². The number of benzene rings is 1. The number of carbonyl (C=O) groups excluding carboxylic acids is 1. The number of anilines is 1. The number of nitrogens with zero attached hydrogens (tertiary/aromatic N) is 2. The Hall–Kier alpha value is -3.94. The smallest absolute Gasteiger partial charge is 0.326 e. The van der Waals surface area contributed by atoms with Crippen LogP contribution in [0.15, 0.2) is 67.0 Å². The summed E-state index contributed by atoms with van der Waals surface area (Å²) in [5.41, 5.74) is 2.44. The first-order valence-corrected chi connectivity index (χ1v) is 10.3. The molecule has 0 aliphatic rings. The fraction of sp³-hybridized carbons (Fsp3) is 0.250. The van der Waals surface area contributed by atoms with Crippen molar-refractivity contribution in [2.45, 2.75) is 25.3 Å². The van der Waals surface area contributed by atoms with Gasteiger partial charge in [-0.05, 0) is 41.5 Å². The van der Waals surface area contributed by atoms with Gasteiger partial charge in [0, 0.05) is 38.0 Å². The zero-order chi connectivity index (χ0) is 22.8.